The zero-order valence-corrected chi connectivity index (χ0v) is 25.3. The molecule has 4 saturated carbocycles. The van der Waals surface area contributed by atoms with E-state index in [1.807, 2.05) is 0 Å². The van der Waals surface area contributed by atoms with E-state index in [0.717, 1.165) is 26.2 Å². The van der Waals surface area contributed by atoms with Crippen molar-refractivity contribution in [2.45, 2.75) is 92.4 Å². The molecule has 218 valence electrons. The first-order valence-electron chi connectivity index (χ1n) is 14.5. The summed E-state index contributed by atoms with van der Waals surface area (Å²) in [6, 6.07) is 26.8. The van der Waals surface area contributed by atoms with E-state index in [4.69, 9.17) is 4.74 Å². The summed E-state index contributed by atoms with van der Waals surface area (Å²) in [4.78, 5) is 16.3. The highest BCUT2D eigenvalue weighted by Crippen LogP contribution is 2.62. The molecule has 4 fully saturated rings. The summed E-state index contributed by atoms with van der Waals surface area (Å²) in [5, 5.41) is 10.5. The Bertz CT molecular complexity index is 1220. The summed E-state index contributed by atoms with van der Waals surface area (Å²) in [6.45, 7) is 6.30. The van der Waals surface area contributed by atoms with Crippen LogP contribution in [0.25, 0.3) is 0 Å². The molecular formula is C35H41F2O3S+. The molecule has 6 heteroatoms. The van der Waals surface area contributed by atoms with Crippen LogP contribution < -0.4 is 0 Å². The quantitative estimate of drug-likeness (QED) is 0.236. The van der Waals surface area contributed by atoms with Crippen molar-refractivity contribution >= 4 is 16.9 Å². The first kappa shape index (κ1) is 29.8. The van der Waals surface area contributed by atoms with Gasteiger partial charge in [0.15, 0.2) is 21.3 Å². The summed E-state index contributed by atoms with van der Waals surface area (Å²) in [5.41, 5.74) is 2.45. The Labute approximate surface area is 245 Å². The van der Waals surface area contributed by atoms with E-state index in [-0.39, 0.29) is 10.9 Å². The van der Waals surface area contributed by atoms with Crippen LogP contribution in [0.1, 0.15) is 62.1 Å². The lowest BCUT2D eigenvalue weighted by Gasteiger charge is -2.58. The van der Waals surface area contributed by atoms with Crippen molar-refractivity contribution in [3.63, 3.8) is 0 Å². The van der Waals surface area contributed by atoms with Crippen LogP contribution in [-0.4, -0.2) is 29.2 Å². The fourth-order valence-corrected chi connectivity index (χ4v) is 9.27. The van der Waals surface area contributed by atoms with Gasteiger partial charge < -0.3 is 9.84 Å². The van der Waals surface area contributed by atoms with Crippen molar-refractivity contribution in [3.8, 4) is 0 Å². The third-order valence-electron chi connectivity index (χ3n) is 8.69. The van der Waals surface area contributed by atoms with Crippen molar-refractivity contribution in [3.05, 3.63) is 89.5 Å². The molecule has 0 saturated heterocycles. The molecule has 4 aliphatic carbocycles. The fourth-order valence-electron chi connectivity index (χ4n) is 7.23. The minimum atomic E-state index is -2.99. The number of carbonyl (C=O) groups is 1. The van der Waals surface area contributed by atoms with Crippen molar-refractivity contribution in [1.29, 1.82) is 0 Å². The smallest absolute Gasteiger partial charge is 0.312 e. The predicted octanol–water partition coefficient (Wildman–Crippen LogP) is 8.22. The van der Waals surface area contributed by atoms with Crippen LogP contribution >= 0.6 is 0 Å². The number of ether oxygens (including phenoxy) is 1. The molecule has 41 heavy (non-hydrogen) atoms. The van der Waals surface area contributed by atoms with Crippen LogP contribution in [-0.2, 0) is 20.4 Å². The fraction of sp³-hybridized carbons (Fsp3) is 0.457. The topological polar surface area (TPSA) is 46.5 Å². The van der Waals surface area contributed by atoms with Crippen LogP contribution in [0.4, 0.5) is 8.78 Å². The van der Waals surface area contributed by atoms with Gasteiger partial charge in [-0.15, -0.1) is 0 Å². The van der Waals surface area contributed by atoms with E-state index in [9.17, 15) is 18.7 Å². The Morgan fingerprint density at radius 1 is 0.805 bits per heavy atom. The zero-order valence-electron chi connectivity index (χ0n) is 24.5. The summed E-state index contributed by atoms with van der Waals surface area (Å²) in [6.07, 6.45) is 4.34. The van der Waals surface area contributed by atoms with Gasteiger partial charge in [-0.05, 0) is 108 Å². The number of alkyl halides is 2. The van der Waals surface area contributed by atoms with Gasteiger partial charge in [-0.25, -0.2) is 8.78 Å². The number of esters is 1. The number of hydrogen-bond acceptors (Lipinski definition) is 3. The molecule has 2 unspecified atom stereocenters. The van der Waals surface area contributed by atoms with Gasteiger partial charge in [0.1, 0.15) is 0 Å². The van der Waals surface area contributed by atoms with Crippen molar-refractivity contribution < 1.29 is 23.4 Å². The van der Waals surface area contributed by atoms with Gasteiger partial charge in [-0.3, -0.25) is 4.79 Å². The van der Waals surface area contributed by atoms with Gasteiger partial charge in [0.2, 0.25) is 0 Å². The lowest BCUT2D eigenvalue weighted by molar-refractivity contribution is -0.201. The molecular weight excluding hydrogens is 538 g/mol. The summed E-state index contributed by atoms with van der Waals surface area (Å²) >= 11 is 0. The van der Waals surface area contributed by atoms with Crippen LogP contribution in [0.5, 0.6) is 0 Å². The Hall–Kier alpha value is -2.70. The Balaban J connectivity index is 0.000000166. The van der Waals surface area contributed by atoms with Gasteiger partial charge in [-0.2, -0.15) is 0 Å². The maximum absolute atomic E-state index is 12.8. The SMILES string of the molecule is CC(F)(F)COC(=O)C12CC3CC(CC(O)(C3)C1)C2.Cc1ccc([S+](c2ccc(C)cc2)c2ccc(C)cc2)cc1. The second kappa shape index (κ2) is 11.5. The van der Waals surface area contributed by atoms with Crippen LogP contribution in [0.2, 0.25) is 0 Å². The molecule has 3 aromatic carbocycles. The highest BCUT2D eigenvalue weighted by atomic mass is 32.2. The van der Waals surface area contributed by atoms with E-state index in [1.54, 1.807) is 0 Å². The molecule has 2 atom stereocenters. The Morgan fingerprint density at radius 2 is 1.20 bits per heavy atom. The van der Waals surface area contributed by atoms with Crippen molar-refractivity contribution in [1.82, 2.24) is 0 Å². The Kier molecular flexibility index (Phi) is 8.37. The normalized spacial score (nSPS) is 26.4. The summed E-state index contributed by atoms with van der Waals surface area (Å²) in [7, 11) is -0.0394. The number of halogens is 2. The molecule has 0 aromatic heterocycles. The standard InChI is InChI=1S/C21H21S.C14H20F2O3/c1-16-4-10-19(11-5-16)22(20-12-6-17(2)7-13-20)21-14-8-18(3)9-15-21;1-12(15,16)8-19-11(17)13-3-9-2-10(4-13)6-14(18,5-9)7-13/h4-15H,1-3H3;9-10,18H,2-8H2,1H3/q+1;. The maximum Gasteiger partial charge on any atom is 0.312 e. The molecule has 0 amide bonds. The van der Waals surface area contributed by atoms with E-state index < -0.39 is 29.5 Å². The monoisotopic (exact) mass is 579 g/mol. The molecule has 4 aliphatic rings. The highest BCUT2D eigenvalue weighted by molar-refractivity contribution is 7.97. The minimum absolute atomic E-state index is 0.0394. The molecule has 7 rings (SSSR count). The maximum atomic E-state index is 12.8. The largest absolute Gasteiger partial charge is 0.459 e. The molecule has 3 aromatic rings. The third kappa shape index (κ3) is 7.03. The van der Waals surface area contributed by atoms with Crippen LogP contribution in [0.3, 0.4) is 0 Å². The molecule has 0 aliphatic heterocycles. The average Bonchev–Trinajstić information content (AvgIpc) is 2.89. The number of carbonyl (C=O) groups excluding carboxylic acids is 1. The predicted molar refractivity (Wildman–Crippen MR) is 159 cm³/mol. The van der Waals surface area contributed by atoms with E-state index >= 15 is 0 Å². The van der Waals surface area contributed by atoms with Gasteiger partial charge >= 0.3 is 5.97 Å². The number of aliphatic hydroxyl groups is 1. The number of rotatable bonds is 6. The minimum Gasteiger partial charge on any atom is -0.459 e. The second-order valence-electron chi connectivity index (χ2n) is 12.9. The first-order valence-corrected chi connectivity index (χ1v) is 15.8. The zero-order chi connectivity index (χ0) is 29.4. The lowest BCUT2D eigenvalue weighted by atomic mass is 9.48. The Morgan fingerprint density at radius 3 is 1.54 bits per heavy atom. The summed E-state index contributed by atoms with van der Waals surface area (Å²) < 4.78 is 30.4. The first-order chi connectivity index (χ1) is 19.3. The van der Waals surface area contributed by atoms with Crippen molar-refractivity contribution in [2.75, 3.05) is 6.61 Å². The van der Waals surface area contributed by atoms with Crippen LogP contribution in [0.15, 0.2) is 87.5 Å². The number of aryl methyl sites for hydroxylation is 3. The van der Waals surface area contributed by atoms with Crippen molar-refractivity contribution in [2.24, 2.45) is 17.3 Å². The van der Waals surface area contributed by atoms with E-state index in [1.165, 1.54) is 31.4 Å². The van der Waals surface area contributed by atoms with Gasteiger partial charge in [-0.1, -0.05) is 53.1 Å². The molecule has 4 bridgehead atoms. The lowest BCUT2D eigenvalue weighted by Crippen LogP contribution is -2.58. The average molecular weight is 580 g/mol. The summed E-state index contributed by atoms with van der Waals surface area (Å²) in [5.74, 6) is -2.82. The second-order valence-corrected chi connectivity index (χ2v) is 14.9. The molecule has 1 N–H and O–H groups in total. The number of benzene rings is 3. The molecule has 0 radical (unpaired) electrons. The molecule has 0 heterocycles. The van der Waals surface area contributed by atoms with Gasteiger partial charge in [0, 0.05) is 6.92 Å². The molecule has 0 spiro atoms. The van der Waals surface area contributed by atoms with E-state index in [0.29, 0.717) is 31.1 Å². The highest BCUT2D eigenvalue weighted by Gasteiger charge is 2.61. The molecule has 3 nitrogen and oxygen atoms in total. The van der Waals surface area contributed by atoms with Crippen LogP contribution in [0, 0.1) is 38.0 Å². The van der Waals surface area contributed by atoms with Gasteiger partial charge in [0.05, 0.1) is 21.9 Å². The third-order valence-corrected chi connectivity index (χ3v) is 10.9. The number of hydrogen-bond donors (Lipinski definition) is 1. The van der Waals surface area contributed by atoms with Gasteiger partial charge in [0.25, 0.3) is 5.92 Å². The van der Waals surface area contributed by atoms with E-state index in [2.05, 4.69) is 93.6 Å².